The fourth-order valence-corrected chi connectivity index (χ4v) is 2.07. The molecule has 0 radical (unpaired) electrons. The number of nitrogens with one attached hydrogen (secondary N) is 1. The van der Waals surface area contributed by atoms with E-state index in [4.69, 9.17) is 4.52 Å². The lowest BCUT2D eigenvalue weighted by molar-refractivity contribution is -0.384. The van der Waals surface area contributed by atoms with Gasteiger partial charge in [-0.1, -0.05) is 12.1 Å². The molecule has 9 heteroatoms. The van der Waals surface area contributed by atoms with Gasteiger partial charge in [-0.15, -0.1) is 0 Å². The van der Waals surface area contributed by atoms with E-state index < -0.39 is 4.92 Å². The number of hydrogen-bond donors (Lipinski definition) is 1. The van der Waals surface area contributed by atoms with Gasteiger partial charge in [0.15, 0.2) is 5.82 Å². The summed E-state index contributed by atoms with van der Waals surface area (Å²) in [6.07, 6.45) is 1.34. The first-order chi connectivity index (χ1) is 10.0. The molecule has 2 heterocycles. The molecule has 2 aromatic rings. The number of aryl methyl sites for hydroxylation is 3. The van der Waals surface area contributed by atoms with Crippen LogP contribution in [-0.2, 0) is 13.0 Å². The molecule has 2 rings (SSSR count). The smallest absolute Gasteiger partial charge is 0.333 e. The van der Waals surface area contributed by atoms with Crippen molar-refractivity contribution in [2.24, 2.45) is 0 Å². The molecule has 0 unspecified atom stereocenters. The van der Waals surface area contributed by atoms with Crippen LogP contribution in [0.25, 0.3) is 0 Å². The number of nitrogens with zero attached hydrogens (tertiary/aromatic N) is 5. The van der Waals surface area contributed by atoms with Crippen LogP contribution in [0.1, 0.15) is 30.8 Å². The van der Waals surface area contributed by atoms with Crippen LogP contribution in [0.4, 0.5) is 11.5 Å². The minimum absolute atomic E-state index is 0.0187. The van der Waals surface area contributed by atoms with Gasteiger partial charge in [0.05, 0.1) is 4.92 Å². The summed E-state index contributed by atoms with van der Waals surface area (Å²) in [4.78, 5) is 14.8. The Labute approximate surface area is 121 Å². The lowest BCUT2D eigenvalue weighted by atomic mass is 10.3. The Bertz CT molecular complexity index is 633. The van der Waals surface area contributed by atoms with E-state index in [0.29, 0.717) is 42.7 Å². The molecule has 21 heavy (non-hydrogen) atoms. The minimum atomic E-state index is -0.409. The summed E-state index contributed by atoms with van der Waals surface area (Å²) in [7, 11) is 0. The van der Waals surface area contributed by atoms with Gasteiger partial charge in [0.25, 0.3) is 0 Å². The topological polar surface area (TPSA) is 112 Å². The standard InChI is InChI=1S/C12H18N6O3/c1-4-7-17-12(11(18(19)20)8(2)15-17)13-6-5-10-14-9(3)16-21-10/h13H,4-7H2,1-3H3. The number of nitro groups is 1. The number of hydrogen-bond acceptors (Lipinski definition) is 7. The fourth-order valence-electron chi connectivity index (χ4n) is 2.07. The lowest BCUT2D eigenvalue weighted by Gasteiger charge is -2.07. The number of aromatic nitrogens is 4. The second-order valence-corrected chi connectivity index (χ2v) is 4.67. The molecule has 2 aromatic heterocycles. The minimum Gasteiger partial charge on any atom is -0.364 e. The molecule has 0 spiro atoms. The van der Waals surface area contributed by atoms with E-state index in [9.17, 15) is 10.1 Å². The maximum atomic E-state index is 11.2. The Morgan fingerprint density at radius 2 is 2.19 bits per heavy atom. The van der Waals surface area contributed by atoms with E-state index in [0.717, 1.165) is 6.42 Å². The highest BCUT2D eigenvalue weighted by Crippen LogP contribution is 2.28. The van der Waals surface area contributed by atoms with Crippen molar-refractivity contribution in [1.29, 1.82) is 0 Å². The van der Waals surface area contributed by atoms with Gasteiger partial charge in [0.1, 0.15) is 5.69 Å². The Hall–Kier alpha value is -2.45. The maximum absolute atomic E-state index is 11.2. The predicted molar refractivity (Wildman–Crippen MR) is 75.1 cm³/mol. The van der Waals surface area contributed by atoms with Gasteiger partial charge in [0, 0.05) is 19.5 Å². The highest BCUT2D eigenvalue weighted by Gasteiger charge is 2.24. The molecule has 114 valence electrons. The highest BCUT2D eigenvalue weighted by molar-refractivity contribution is 5.59. The van der Waals surface area contributed by atoms with Gasteiger partial charge in [-0.25, -0.2) is 4.68 Å². The molecule has 0 saturated carbocycles. The van der Waals surface area contributed by atoms with Crippen LogP contribution in [0.5, 0.6) is 0 Å². The van der Waals surface area contributed by atoms with Crippen molar-refractivity contribution >= 4 is 11.5 Å². The molecule has 0 amide bonds. The molecule has 0 aromatic carbocycles. The molecule has 0 aliphatic rings. The zero-order chi connectivity index (χ0) is 15.4. The number of rotatable bonds is 7. The van der Waals surface area contributed by atoms with E-state index in [1.165, 1.54) is 0 Å². The summed E-state index contributed by atoms with van der Waals surface area (Å²) < 4.78 is 6.64. The van der Waals surface area contributed by atoms with Crippen molar-refractivity contribution in [3.8, 4) is 0 Å². The summed E-state index contributed by atoms with van der Waals surface area (Å²) in [5.41, 5.74) is 0.426. The molecule has 0 bridgehead atoms. The van der Waals surface area contributed by atoms with Gasteiger partial charge >= 0.3 is 5.69 Å². The summed E-state index contributed by atoms with van der Waals surface area (Å²) >= 11 is 0. The fraction of sp³-hybridized carbons (Fsp3) is 0.583. The van der Waals surface area contributed by atoms with Crippen LogP contribution in [0.15, 0.2) is 4.52 Å². The van der Waals surface area contributed by atoms with Gasteiger partial charge in [0.2, 0.25) is 11.7 Å². The van der Waals surface area contributed by atoms with Crippen LogP contribution in [0.3, 0.4) is 0 Å². The van der Waals surface area contributed by atoms with Crippen LogP contribution in [-0.4, -0.2) is 31.4 Å². The summed E-state index contributed by atoms with van der Waals surface area (Å²) in [5, 5.41) is 22.1. The first-order valence-corrected chi connectivity index (χ1v) is 6.77. The van der Waals surface area contributed by atoms with Gasteiger partial charge < -0.3 is 9.84 Å². The molecule has 1 N–H and O–H groups in total. The van der Waals surface area contributed by atoms with Gasteiger partial charge in [-0.3, -0.25) is 10.1 Å². The van der Waals surface area contributed by atoms with E-state index in [1.54, 1.807) is 18.5 Å². The summed E-state index contributed by atoms with van der Waals surface area (Å²) in [6.45, 7) is 6.45. The van der Waals surface area contributed by atoms with Crippen molar-refractivity contribution in [3.05, 3.63) is 27.5 Å². The van der Waals surface area contributed by atoms with E-state index in [1.807, 2.05) is 6.92 Å². The molecule has 0 aliphatic heterocycles. The molecule has 0 aliphatic carbocycles. The van der Waals surface area contributed by atoms with Crippen molar-refractivity contribution in [3.63, 3.8) is 0 Å². The first kappa shape index (κ1) is 14.9. The average Bonchev–Trinajstić information content (AvgIpc) is 2.94. The average molecular weight is 294 g/mol. The Balaban J connectivity index is 2.11. The SMILES string of the molecule is CCCn1nc(C)c([N+](=O)[O-])c1NCCc1nc(C)no1. The second-order valence-electron chi connectivity index (χ2n) is 4.67. The third-order valence-electron chi connectivity index (χ3n) is 2.91. The molecular weight excluding hydrogens is 276 g/mol. The summed E-state index contributed by atoms with van der Waals surface area (Å²) in [5.74, 6) is 1.50. The van der Waals surface area contributed by atoms with Crippen LogP contribution in [0, 0.1) is 24.0 Å². The molecule has 9 nitrogen and oxygen atoms in total. The lowest BCUT2D eigenvalue weighted by Crippen LogP contribution is -2.12. The van der Waals surface area contributed by atoms with Crippen LogP contribution in [0.2, 0.25) is 0 Å². The van der Waals surface area contributed by atoms with Crippen molar-refractivity contribution in [2.75, 3.05) is 11.9 Å². The zero-order valence-electron chi connectivity index (χ0n) is 12.3. The summed E-state index contributed by atoms with van der Waals surface area (Å²) in [6, 6.07) is 0. The Morgan fingerprint density at radius 3 is 2.76 bits per heavy atom. The third kappa shape index (κ3) is 3.36. The molecular formula is C12H18N6O3. The molecule has 0 saturated heterocycles. The van der Waals surface area contributed by atoms with Crippen molar-refractivity contribution in [1.82, 2.24) is 19.9 Å². The predicted octanol–water partition coefficient (Wildman–Crippen LogP) is 1.86. The Morgan fingerprint density at radius 1 is 1.43 bits per heavy atom. The monoisotopic (exact) mass is 294 g/mol. The van der Waals surface area contributed by atoms with Crippen molar-refractivity contribution in [2.45, 2.75) is 40.2 Å². The van der Waals surface area contributed by atoms with Gasteiger partial charge in [-0.2, -0.15) is 10.1 Å². The second kappa shape index (κ2) is 6.33. The molecule has 0 atom stereocenters. The quantitative estimate of drug-likeness (QED) is 0.612. The first-order valence-electron chi connectivity index (χ1n) is 6.77. The van der Waals surface area contributed by atoms with Crippen molar-refractivity contribution < 1.29 is 9.45 Å². The van der Waals surface area contributed by atoms with Crippen LogP contribution >= 0.6 is 0 Å². The zero-order valence-corrected chi connectivity index (χ0v) is 12.3. The van der Waals surface area contributed by atoms with E-state index in [-0.39, 0.29) is 5.69 Å². The molecule has 0 fully saturated rings. The third-order valence-corrected chi connectivity index (χ3v) is 2.91. The van der Waals surface area contributed by atoms with Crippen LogP contribution < -0.4 is 5.32 Å². The largest absolute Gasteiger partial charge is 0.364 e. The van der Waals surface area contributed by atoms with Gasteiger partial charge in [-0.05, 0) is 20.3 Å². The highest BCUT2D eigenvalue weighted by atomic mass is 16.6. The number of anilines is 1. The Kier molecular flexibility index (Phi) is 4.51. The maximum Gasteiger partial charge on any atom is 0.333 e. The normalized spacial score (nSPS) is 10.8. The van der Waals surface area contributed by atoms with E-state index >= 15 is 0 Å². The van der Waals surface area contributed by atoms with E-state index in [2.05, 4.69) is 20.6 Å².